The molecule has 0 aliphatic carbocycles. The Morgan fingerprint density at radius 3 is 2.54 bits per heavy atom. The van der Waals surface area contributed by atoms with Crippen molar-refractivity contribution in [2.24, 2.45) is 0 Å². The zero-order chi connectivity index (χ0) is 9.26. The van der Waals surface area contributed by atoms with Crippen molar-refractivity contribution >= 4 is 22.4 Å². The summed E-state index contributed by atoms with van der Waals surface area (Å²) in [5, 5.41) is 11.4. The lowest BCUT2D eigenvalue weighted by Gasteiger charge is -2.00. The number of rotatable bonds is 1. The van der Waals surface area contributed by atoms with Crippen LogP contribution in [0.2, 0.25) is 0 Å². The summed E-state index contributed by atoms with van der Waals surface area (Å²) < 4.78 is 0. The van der Waals surface area contributed by atoms with Gasteiger partial charge in [-0.2, -0.15) is 0 Å². The second-order valence-electron chi connectivity index (χ2n) is 3.00. The lowest BCUT2D eigenvalue weighted by molar-refractivity contribution is 0.476. The number of hydrogen-bond acceptors (Lipinski definition) is 1. The van der Waals surface area contributed by atoms with E-state index in [0.717, 1.165) is 16.3 Å². The smallest absolute Gasteiger partial charge is 0.116 e. The summed E-state index contributed by atoms with van der Waals surface area (Å²) in [6, 6.07) is 11.3. The summed E-state index contributed by atoms with van der Waals surface area (Å²) in [7, 11) is 0. The van der Waals surface area contributed by atoms with Crippen molar-refractivity contribution in [3.8, 4) is 5.75 Å². The number of benzene rings is 2. The molecule has 1 N–H and O–H groups in total. The van der Waals surface area contributed by atoms with E-state index in [1.165, 1.54) is 0 Å². The van der Waals surface area contributed by atoms with Gasteiger partial charge in [0.15, 0.2) is 0 Å². The monoisotopic (exact) mass is 192 g/mol. The molecule has 0 aliphatic rings. The van der Waals surface area contributed by atoms with Gasteiger partial charge in [-0.15, -0.1) is 11.6 Å². The van der Waals surface area contributed by atoms with E-state index in [2.05, 4.69) is 0 Å². The van der Waals surface area contributed by atoms with Crippen LogP contribution in [0.15, 0.2) is 36.4 Å². The third-order valence-corrected chi connectivity index (χ3v) is 2.35. The Labute approximate surface area is 81.6 Å². The minimum Gasteiger partial charge on any atom is -0.508 e. The van der Waals surface area contributed by atoms with Crippen molar-refractivity contribution in [1.82, 2.24) is 0 Å². The molecule has 2 heteroatoms. The molecule has 2 rings (SSSR count). The molecule has 0 saturated heterocycles. The molecule has 2 aromatic carbocycles. The van der Waals surface area contributed by atoms with Gasteiger partial charge >= 0.3 is 0 Å². The van der Waals surface area contributed by atoms with Gasteiger partial charge in [0.2, 0.25) is 0 Å². The van der Waals surface area contributed by atoms with Crippen molar-refractivity contribution in [1.29, 1.82) is 0 Å². The molecule has 0 radical (unpaired) electrons. The minimum absolute atomic E-state index is 0.291. The van der Waals surface area contributed by atoms with Gasteiger partial charge < -0.3 is 5.11 Å². The fraction of sp³-hybridized carbons (Fsp3) is 0.0909. The topological polar surface area (TPSA) is 20.2 Å². The largest absolute Gasteiger partial charge is 0.508 e. The van der Waals surface area contributed by atoms with Gasteiger partial charge in [-0.3, -0.25) is 0 Å². The fourth-order valence-electron chi connectivity index (χ4n) is 1.37. The van der Waals surface area contributed by atoms with E-state index >= 15 is 0 Å². The first-order valence-corrected chi connectivity index (χ1v) is 4.61. The summed E-state index contributed by atoms with van der Waals surface area (Å²) >= 11 is 5.70. The van der Waals surface area contributed by atoms with Crippen LogP contribution in [0.1, 0.15) is 5.56 Å². The van der Waals surface area contributed by atoms with Crippen molar-refractivity contribution in [2.45, 2.75) is 5.88 Å². The predicted octanol–water partition coefficient (Wildman–Crippen LogP) is 3.28. The highest BCUT2D eigenvalue weighted by molar-refractivity contribution is 6.17. The first-order valence-electron chi connectivity index (χ1n) is 4.07. The average molecular weight is 193 g/mol. The molecular formula is C11H9ClO. The number of fused-ring (bicyclic) bond motifs is 1. The highest BCUT2D eigenvalue weighted by Crippen LogP contribution is 2.21. The predicted molar refractivity (Wildman–Crippen MR) is 55.2 cm³/mol. The molecule has 0 heterocycles. The van der Waals surface area contributed by atoms with Gasteiger partial charge in [0, 0.05) is 5.88 Å². The summed E-state index contributed by atoms with van der Waals surface area (Å²) in [4.78, 5) is 0. The number of phenolic OH excluding ortho intramolecular Hbond substituents is 1. The SMILES string of the molecule is Oc1ccc2ccc(CCl)cc2c1. The Morgan fingerprint density at radius 2 is 1.77 bits per heavy atom. The molecule has 1 nitrogen and oxygen atoms in total. The van der Waals surface area contributed by atoms with Crippen LogP contribution in [0.4, 0.5) is 0 Å². The van der Waals surface area contributed by atoms with E-state index in [9.17, 15) is 5.11 Å². The molecule has 0 fully saturated rings. The Hall–Kier alpha value is -1.21. The van der Waals surface area contributed by atoms with E-state index in [1.807, 2.05) is 24.3 Å². The van der Waals surface area contributed by atoms with Gasteiger partial charge in [0.25, 0.3) is 0 Å². The molecule has 0 saturated carbocycles. The maximum absolute atomic E-state index is 9.26. The third-order valence-electron chi connectivity index (χ3n) is 2.04. The lowest BCUT2D eigenvalue weighted by atomic mass is 10.1. The van der Waals surface area contributed by atoms with E-state index in [4.69, 9.17) is 11.6 Å². The van der Waals surface area contributed by atoms with Crippen LogP contribution in [-0.4, -0.2) is 5.11 Å². The Morgan fingerprint density at radius 1 is 1.00 bits per heavy atom. The molecule has 0 aromatic heterocycles. The maximum atomic E-state index is 9.26. The molecule has 0 amide bonds. The standard InChI is InChI=1S/C11H9ClO/c12-7-8-1-2-9-3-4-11(13)6-10(9)5-8/h1-6,13H,7H2. The molecule has 0 spiro atoms. The first-order chi connectivity index (χ1) is 6.29. The Bertz CT molecular complexity index is 437. The fourth-order valence-corrected chi connectivity index (χ4v) is 1.53. The number of aromatic hydroxyl groups is 1. The summed E-state index contributed by atoms with van der Waals surface area (Å²) in [6.45, 7) is 0. The normalized spacial score (nSPS) is 10.5. The van der Waals surface area contributed by atoms with E-state index in [0.29, 0.717) is 11.6 Å². The molecule has 0 unspecified atom stereocenters. The summed E-state index contributed by atoms with van der Waals surface area (Å²) in [5.41, 5.74) is 1.07. The minimum atomic E-state index is 0.291. The van der Waals surface area contributed by atoms with Gasteiger partial charge in [-0.1, -0.05) is 18.2 Å². The van der Waals surface area contributed by atoms with Crippen molar-refractivity contribution < 1.29 is 5.11 Å². The highest BCUT2D eigenvalue weighted by Gasteiger charge is 1.96. The summed E-state index contributed by atoms with van der Waals surface area (Å²) in [5.74, 6) is 0.796. The second kappa shape index (κ2) is 3.27. The number of alkyl halides is 1. The second-order valence-corrected chi connectivity index (χ2v) is 3.27. The molecule has 13 heavy (non-hydrogen) atoms. The van der Waals surface area contributed by atoms with E-state index in [1.54, 1.807) is 12.1 Å². The quantitative estimate of drug-likeness (QED) is 0.688. The van der Waals surface area contributed by atoms with Crippen molar-refractivity contribution in [3.05, 3.63) is 42.0 Å². The van der Waals surface area contributed by atoms with Crippen LogP contribution in [-0.2, 0) is 5.88 Å². The molecule has 0 aliphatic heterocycles. The van der Waals surface area contributed by atoms with Crippen molar-refractivity contribution in [2.75, 3.05) is 0 Å². The van der Waals surface area contributed by atoms with Gasteiger partial charge in [0.1, 0.15) is 5.75 Å². The van der Waals surface area contributed by atoms with Crippen LogP contribution < -0.4 is 0 Å². The average Bonchev–Trinajstić information content (AvgIpc) is 2.16. The van der Waals surface area contributed by atoms with Crippen molar-refractivity contribution in [3.63, 3.8) is 0 Å². The van der Waals surface area contributed by atoms with E-state index < -0.39 is 0 Å². The Kier molecular flexibility index (Phi) is 2.11. The molecule has 2 aromatic rings. The van der Waals surface area contributed by atoms with Crippen LogP contribution in [0.25, 0.3) is 10.8 Å². The van der Waals surface area contributed by atoms with Gasteiger partial charge in [-0.05, 0) is 34.5 Å². The van der Waals surface area contributed by atoms with Gasteiger partial charge in [0.05, 0.1) is 0 Å². The molecule has 0 bridgehead atoms. The number of phenols is 1. The Balaban J connectivity index is 2.68. The zero-order valence-corrected chi connectivity index (χ0v) is 7.75. The van der Waals surface area contributed by atoms with Crippen LogP contribution in [0, 0.1) is 0 Å². The zero-order valence-electron chi connectivity index (χ0n) is 7.00. The third kappa shape index (κ3) is 1.61. The van der Waals surface area contributed by atoms with E-state index in [-0.39, 0.29) is 0 Å². The van der Waals surface area contributed by atoms with Crippen LogP contribution in [0.3, 0.4) is 0 Å². The highest BCUT2D eigenvalue weighted by atomic mass is 35.5. The summed E-state index contributed by atoms with van der Waals surface area (Å²) in [6.07, 6.45) is 0. The molecule has 0 atom stereocenters. The van der Waals surface area contributed by atoms with Gasteiger partial charge in [-0.25, -0.2) is 0 Å². The first kappa shape index (κ1) is 8.39. The number of halogens is 1. The maximum Gasteiger partial charge on any atom is 0.116 e. The molecular weight excluding hydrogens is 184 g/mol. The number of hydrogen-bond donors (Lipinski definition) is 1. The molecule has 66 valence electrons. The van der Waals surface area contributed by atoms with Crippen LogP contribution in [0.5, 0.6) is 5.75 Å². The van der Waals surface area contributed by atoms with Crippen LogP contribution >= 0.6 is 11.6 Å². The lowest BCUT2D eigenvalue weighted by Crippen LogP contribution is -1.78.